The zero-order chi connectivity index (χ0) is 27.5. The third-order valence-electron chi connectivity index (χ3n) is 8.80. The van der Waals surface area contributed by atoms with Crippen molar-refractivity contribution in [2.75, 3.05) is 14.2 Å². The summed E-state index contributed by atoms with van der Waals surface area (Å²) in [7, 11) is 3.18. The van der Waals surface area contributed by atoms with Gasteiger partial charge in [0.25, 0.3) is 0 Å². The molecule has 0 heterocycles. The maximum absolute atomic E-state index is 11.0. The number of methoxy groups -OCH3 is 2. The second kappa shape index (κ2) is 11.7. The number of benzene rings is 3. The Labute approximate surface area is 230 Å². The molecule has 3 aromatic rings. The fourth-order valence-corrected chi connectivity index (χ4v) is 6.74. The molecule has 2 aliphatic rings. The molecule has 0 spiro atoms. The summed E-state index contributed by atoms with van der Waals surface area (Å²) >= 11 is 0. The van der Waals surface area contributed by atoms with Crippen LogP contribution in [0.25, 0.3) is 0 Å². The van der Waals surface area contributed by atoms with Gasteiger partial charge >= 0.3 is 0 Å². The van der Waals surface area contributed by atoms with Crippen LogP contribution in [-0.4, -0.2) is 34.6 Å². The van der Waals surface area contributed by atoms with E-state index in [1.165, 1.54) is 18.9 Å². The van der Waals surface area contributed by atoms with Crippen LogP contribution >= 0.6 is 0 Å². The number of rotatable bonds is 7. The first-order chi connectivity index (χ1) is 18.9. The van der Waals surface area contributed by atoms with Crippen LogP contribution in [0.4, 0.5) is 0 Å². The molecule has 0 aliphatic heterocycles. The lowest BCUT2D eigenvalue weighted by Gasteiger charge is -2.29. The molecule has 0 aromatic heterocycles. The maximum atomic E-state index is 11.0. The van der Waals surface area contributed by atoms with Crippen molar-refractivity contribution in [1.29, 1.82) is 0 Å². The topological polar surface area (TPSA) is 99.4 Å². The highest BCUT2D eigenvalue weighted by Crippen LogP contribution is 2.49. The van der Waals surface area contributed by atoms with E-state index in [4.69, 9.17) is 9.47 Å². The van der Waals surface area contributed by atoms with Crippen molar-refractivity contribution in [2.24, 2.45) is 0 Å². The maximum Gasteiger partial charge on any atom is 0.157 e. The fraction of sp³-hybridized carbons (Fsp3) is 0.455. The SMILES string of the molecule is COc1cc(O)c(C2CCCCC2)cc1C(c1ccc(O)c(O)c1)c1cc(C2CCCCC2)c(O)cc1OC. The molecule has 5 rings (SSSR count). The molecule has 0 saturated heterocycles. The highest BCUT2D eigenvalue weighted by atomic mass is 16.5. The molecule has 3 aromatic carbocycles. The molecule has 2 fully saturated rings. The monoisotopic (exact) mass is 532 g/mol. The molecule has 0 radical (unpaired) electrons. The Kier molecular flexibility index (Phi) is 8.10. The van der Waals surface area contributed by atoms with E-state index in [0.29, 0.717) is 11.5 Å². The molecule has 6 nitrogen and oxygen atoms in total. The van der Waals surface area contributed by atoms with Gasteiger partial charge in [0.15, 0.2) is 11.5 Å². The smallest absolute Gasteiger partial charge is 0.157 e. The van der Waals surface area contributed by atoms with Gasteiger partial charge in [-0.1, -0.05) is 44.6 Å². The van der Waals surface area contributed by atoms with Gasteiger partial charge in [0.2, 0.25) is 0 Å². The van der Waals surface area contributed by atoms with Crippen LogP contribution in [0.2, 0.25) is 0 Å². The first-order valence-corrected chi connectivity index (χ1v) is 14.2. The van der Waals surface area contributed by atoms with Gasteiger partial charge in [0, 0.05) is 29.2 Å². The molecule has 0 amide bonds. The van der Waals surface area contributed by atoms with Gasteiger partial charge in [-0.25, -0.2) is 0 Å². The number of ether oxygens (including phenoxy) is 2. The molecule has 0 unspecified atom stereocenters. The molecule has 4 N–H and O–H groups in total. The van der Waals surface area contributed by atoms with E-state index < -0.39 is 5.92 Å². The summed E-state index contributed by atoms with van der Waals surface area (Å²) in [4.78, 5) is 0. The van der Waals surface area contributed by atoms with Gasteiger partial charge in [0.1, 0.15) is 23.0 Å². The molecule has 6 heteroatoms. The minimum absolute atomic E-state index is 0.196. The van der Waals surface area contributed by atoms with E-state index in [1.54, 1.807) is 38.5 Å². The molecule has 2 aliphatic carbocycles. The predicted molar refractivity (Wildman–Crippen MR) is 152 cm³/mol. The predicted octanol–water partition coefficient (Wildman–Crippen LogP) is 7.80. The van der Waals surface area contributed by atoms with Crippen molar-refractivity contribution in [1.82, 2.24) is 0 Å². The third kappa shape index (κ3) is 5.47. The van der Waals surface area contributed by atoms with Gasteiger partial charge in [-0.3, -0.25) is 0 Å². The van der Waals surface area contributed by atoms with Crippen LogP contribution in [0.3, 0.4) is 0 Å². The molecule has 39 heavy (non-hydrogen) atoms. The van der Waals surface area contributed by atoms with Crippen molar-refractivity contribution in [2.45, 2.75) is 82.0 Å². The number of phenols is 4. The molecular weight excluding hydrogens is 492 g/mol. The van der Waals surface area contributed by atoms with Gasteiger partial charge < -0.3 is 29.9 Å². The van der Waals surface area contributed by atoms with E-state index in [2.05, 4.69) is 0 Å². The van der Waals surface area contributed by atoms with E-state index >= 15 is 0 Å². The molecule has 2 saturated carbocycles. The summed E-state index contributed by atoms with van der Waals surface area (Å²) < 4.78 is 11.7. The first kappa shape index (κ1) is 27.0. The Bertz CT molecular complexity index is 1230. The van der Waals surface area contributed by atoms with E-state index in [-0.39, 0.29) is 34.8 Å². The second-order valence-corrected chi connectivity index (χ2v) is 11.2. The average Bonchev–Trinajstić information content (AvgIpc) is 2.96. The number of phenolic OH excluding ortho intramolecular Hbond substituents is 4. The summed E-state index contributed by atoms with van der Waals surface area (Å²) in [6.45, 7) is 0. The summed E-state index contributed by atoms with van der Waals surface area (Å²) in [6, 6.07) is 12.3. The summed E-state index contributed by atoms with van der Waals surface area (Å²) in [5, 5.41) is 42.7. The zero-order valence-electron chi connectivity index (χ0n) is 22.9. The van der Waals surface area contributed by atoms with Crippen molar-refractivity contribution < 1.29 is 29.9 Å². The minimum atomic E-state index is -0.452. The average molecular weight is 533 g/mol. The normalized spacial score (nSPS) is 16.9. The Morgan fingerprint density at radius 1 is 0.564 bits per heavy atom. The highest BCUT2D eigenvalue weighted by molar-refractivity contribution is 5.61. The van der Waals surface area contributed by atoms with Crippen molar-refractivity contribution in [3.8, 4) is 34.5 Å². The van der Waals surface area contributed by atoms with Crippen molar-refractivity contribution in [3.63, 3.8) is 0 Å². The minimum Gasteiger partial charge on any atom is -0.508 e. The quantitative estimate of drug-likeness (QED) is 0.183. The van der Waals surface area contributed by atoms with Crippen LogP contribution in [0, 0.1) is 0 Å². The number of aromatic hydroxyl groups is 4. The van der Waals surface area contributed by atoms with Crippen molar-refractivity contribution in [3.05, 3.63) is 70.3 Å². The molecule has 0 bridgehead atoms. The van der Waals surface area contributed by atoms with Crippen LogP contribution in [0.5, 0.6) is 34.5 Å². The summed E-state index contributed by atoms with van der Waals surface area (Å²) in [6.07, 6.45) is 11.1. The van der Waals surface area contributed by atoms with E-state index in [1.807, 2.05) is 12.1 Å². The van der Waals surface area contributed by atoms with Crippen molar-refractivity contribution >= 4 is 0 Å². The fourth-order valence-electron chi connectivity index (χ4n) is 6.74. The van der Waals surface area contributed by atoms with E-state index in [9.17, 15) is 20.4 Å². The van der Waals surface area contributed by atoms with Gasteiger partial charge in [0.05, 0.1) is 14.2 Å². The number of hydrogen-bond donors (Lipinski definition) is 4. The van der Waals surface area contributed by atoms with Gasteiger partial charge in [-0.2, -0.15) is 0 Å². The molecule has 0 atom stereocenters. The summed E-state index contributed by atoms with van der Waals surface area (Å²) in [5.41, 5.74) is 4.22. The van der Waals surface area contributed by atoms with Crippen LogP contribution < -0.4 is 9.47 Å². The van der Waals surface area contributed by atoms with Gasteiger partial charge in [-0.15, -0.1) is 0 Å². The second-order valence-electron chi connectivity index (χ2n) is 11.2. The van der Waals surface area contributed by atoms with Crippen LogP contribution in [0.15, 0.2) is 42.5 Å². The summed E-state index contributed by atoms with van der Waals surface area (Å²) in [5.74, 6) is 1.18. The zero-order valence-corrected chi connectivity index (χ0v) is 22.9. The Morgan fingerprint density at radius 2 is 1.03 bits per heavy atom. The standard InChI is InChI=1S/C33H40O6/c1-38-31-18-28(35)23(20-9-5-3-6-10-20)16-25(31)33(22-13-14-27(34)30(37)15-22)26-17-24(21-11-7-4-8-12-21)29(36)19-32(26)39-2/h13-21,33-37H,3-12H2,1-2H3. The lowest BCUT2D eigenvalue weighted by molar-refractivity contribution is 0.386. The lowest BCUT2D eigenvalue weighted by atomic mass is 9.77. The van der Waals surface area contributed by atoms with Gasteiger partial charge in [-0.05, 0) is 78.5 Å². The van der Waals surface area contributed by atoms with Crippen LogP contribution in [0.1, 0.15) is 110 Å². The Balaban J connectivity index is 1.74. The largest absolute Gasteiger partial charge is 0.508 e. The molecular formula is C33H40O6. The first-order valence-electron chi connectivity index (χ1n) is 14.2. The lowest BCUT2D eigenvalue weighted by Crippen LogP contribution is -2.12. The third-order valence-corrected chi connectivity index (χ3v) is 8.80. The van der Waals surface area contributed by atoms with E-state index in [0.717, 1.165) is 79.2 Å². The Morgan fingerprint density at radius 3 is 1.44 bits per heavy atom. The number of hydrogen-bond acceptors (Lipinski definition) is 6. The molecule has 208 valence electrons. The highest BCUT2D eigenvalue weighted by Gasteiger charge is 2.30. The van der Waals surface area contributed by atoms with Crippen LogP contribution in [-0.2, 0) is 0 Å². The Hall–Kier alpha value is -3.54.